The Bertz CT molecular complexity index is 161. The van der Waals surface area contributed by atoms with Crippen LogP contribution >= 0.6 is 19.8 Å². The van der Waals surface area contributed by atoms with Crippen molar-refractivity contribution in [2.24, 2.45) is 0 Å². The number of hydrogen-bond acceptors (Lipinski definition) is 2. The fraction of sp³-hybridized carbons (Fsp3) is 1.00. The average molecular weight is 324 g/mol. The maximum absolute atomic E-state index is 3.48. The SMILES string of the molecule is C1CNCCN(CCCI2CCCC2)C1. The standard InChI is InChI=1S/C12H25IN2/c1-2-6-13(5-1)7-3-10-15-11-4-8-14-9-12-15/h14H,1-12H2. The second-order valence-electron chi connectivity index (χ2n) is 4.64. The molecule has 0 aromatic carbocycles. The quantitative estimate of drug-likeness (QED) is 0.628. The van der Waals surface area contributed by atoms with Gasteiger partial charge in [-0.1, -0.05) is 0 Å². The molecule has 2 nitrogen and oxygen atoms in total. The van der Waals surface area contributed by atoms with E-state index in [9.17, 15) is 0 Å². The van der Waals surface area contributed by atoms with Gasteiger partial charge in [0.1, 0.15) is 0 Å². The fourth-order valence-corrected chi connectivity index (χ4v) is 8.72. The topological polar surface area (TPSA) is 15.3 Å². The van der Waals surface area contributed by atoms with Gasteiger partial charge in [0.05, 0.1) is 0 Å². The normalized spacial score (nSPS) is 26.8. The molecule has 2 rings (SSSR count). The van der Waals surface area contributed by atoms with E-state index in [2.05, 4.69) is 10.2 Å². The van der Waals surface area contributed by atoms with Gasteiger partial charge in [-0.2, -0.15) is 0 Å². The molecule has 0 saturated carbocycles. The van der Waals surface area contributed by atoms with Crippen molar-refractivity contribution < 1.29 is 0 Å². The van der Waals surface area contributed by atoms with Crippen LogP contribution in [0, 0.1) is 0 Å². The van der Waals surface area contributed by atoms with Gasteiger partial charge < -0.3 is 0 Å². The molecule has 3 heteroatoms. The summed E-state index contributed by atoms with van der Waals surface area (Å²) in [6.07, 6.45) is 5.99. The molecular formula is C12H25IN2. The molecule has 0 spiro atoms. The Labute approximate surface area is 102 Å². The Hall–Kier alpha value is 0.650. The van der Waals surface area contributed by atoms with E-state index in [1.165, 1.54) is 45.6 Å². The Kier molecular flexibility index (Phi) is 5.71. The molecule has 1 N–H and O–H groups in total. The summed E-state index contributed by atoms with van der Waals surface area (Å²) in [5.41, 5.74) is 0. The summed E-state index contributed by atoms with van der Waals surface area (Å²) < 4.78 is 4.99. The van der Waals surface area contributed by atoms with Crippen molar-refractivity contribution in [1.82, 2.24) is 10.2 Å². The summed E-state index contributed by atoms with van der Waals surface area (Å²) in [6, 6.07) is 0. The van der Waals surface area contributed by atoms with Gasteiger partial charge in [0.15, 0.2) is 0 Å². The predicted molar refractivity (Wildman–Crippen MR) is 76.4 cm³/mol. The van der Waals surface area contributed by atoms with Crippen molar-refractivity contribution in [3.05, 3.63) is 0 Å². The number of halogens is 1. The molecule has 0 radical (unpaired) electrons. The number of hydrogen-bond donors (Lipinski definition) is 1. The van der Waals surface area contributed by atoms with Gasteiger partial charge in [-0.15, -0.1) is 0 Å². The van der Waals surface area contributed by atoms with Crippen LogP contribution in [0.15, 0.2) is 0 Å². The molecule has 0 atom stereocenters. The zero-order chi connectivity index (χ0) is 10.3. The molecule has 2 aliphatic rings. The van der Waals surface area contributed by atoms with Crippen molar-refractivity contribution in [3.63, 3.8) is 0 Å². The molecule has 0 bridgehead atoms. The van der Waals surface area contributed by atoms with Crippen molar-refractivity contribution >= 4 is 19.8 Å². The van der Waals surface area contributed by atoms with E-state index in [4.69, 9.17) is 0 Å². The van der Waals surface area contributed by atoms with E-state index < -0.39 is 0 Å². The molecule has 2 aliphatic heterocycles. The summed E-state index contributed by atoms with van der Waals surface area (Å²) in [5, 5.41) is 3.48. The maximum atomic E-state index is 3.48. The first-order chi connectivity index (χ1) is 7.45. The zero-order valence-electron chi connectivity index (χ0n) is 9.81. The van der Waals surface area contributed by atoms with Crippen molar-refractivity contribution in [1.29, 1.82) is 0 Å². The fourth-order valence-electron chi connectivity index (χ4n) is 2.45. The van der Waals surface area contributed by atoms with Crippen LogP contribution in [-0.2, 0) is 0 Å². The molecule has 90 valence electrons. The first-order valence-corrected chi connectivity index (χ1v) is 11.0. The number of alkyl halides is 3. The molecule has 2 fully saturated rings. The van der Waals surface area contributed by atoms with E-state index in [0.717, 1.165) is 0 Å². The van der Waals surface area contributed by atoms with Crippen LogP contribution in [0.25, 0.3) is 0 Å². The van der Waals surface area contributed by atoms with Crippen molar-refractivity contribution in [3.8, 4) is 0 Å². The number of rotatable bonds is 4. The van der Waals surface area contributed by atoms with Crippen LogP contribution in [0.1, 0.15) is 25.7 Å². The van der Waals surface area contributed by atoms with Crippen LogP contribution in [0.4, 0.5) is 0 Å². The van der Waals surface area contributed by atoms with Gasteiger partial charge in [0.2, 0.25) is 0 Å². The monoisotopic (exact) mass is 324 g/mol. The average Bonchev–Trinajstić information content (AvgIpc) is 2.62. The van der Waals surface area contributed by atoms with Crippen molar-refractivity contribution in [2.75, 3.05) is 46.0 Å². The second-order valence-corrected chi connectivity index (χ2v) is 11.1. The van der Waals surface area contributed by atoms with Gasteiger partial charge >= 0.3 is 102 Å². The van der Waals surface area contributed by atoms with Crippen molar-refractivity contribution in [2.45, 2.75) is 25.7 Å². The second kappa shape index (κ2) is 7.07. The Morgan fingerprint density at radius 1 is 1.00 bits per heavy atom. The van der Waals surface area contributed by atoms with Crippen LogP contribution in [0.2, 0.25) is 0 Å². The van der Waals surface area contributed by atoms with Gasteiger partial charge in [-0.05, 0) is 0 Å². The first-order valence-electron chi connectivity index (χ1n) is 6.46. The third-order valence-electron chi connectivity index (χ3n) is 3.36. The Balaban J connectivity index is 1.55. The minimum atomic E-state index is -0.371. The van der Waals surface area contributed by atoms with Crippen LogP contribution in [0.3, 0.4) is 0 Å². The van der Waals surface area contributed by atoms with Gasteiger partial charge in [-0.3, -0.25) is 0 Å². The number of nitrogens with zero attached hydrogens (tertiary/aromatic N) is 1. The van der Waals surface area contributed by atoms with E-state index in [-0.39, 0.29) is 19.8 Å². The van der Waals surface area contributed by atoms with E-state index >= 15 is 0 Å². The van der Waals surface area contributed by atoms with Gasteiger partial charge in [0, 0.05) is 0 Å². The molecule has 0 aromatic rings. The van der Waals surface area contributed by atoms with Crippen LogP contribution < -0.4 is 5.32 Å². The molecule has 0 amide bonds. The summed E-state index contributed by atoms with van der Waals surface area (Å²) in [6.45, 7) is 6.45. The third-order valence-corrected chi connectivity index (χ3v) is 10.2. The van der Waals surface area contributed by atoms with E-state index in [1.807, 2.05) is 0 Å². The molecule has 2 heterocycles. The molecule has 0 aromatic heterocycles. The van der Waals surface area contributed by atoms with Crippen LogP contribution in [-0.4, -0.2) is 50.9 Å². The van der Waals surface area contributed by atoms with Crippen LogP contribution in [0.5, 0.6) is 0 Å². The first kappa shape index (κ1) is 12.1. The van der Waals surface area contributed by atoms with Gasteiger partial charge in [0.25, 0.3) is 0 Å². The summed E-state index contributed by atoms with van der Waals surface area (Å²) in [7, 11) is 0. The summed E-state index contributed by atoms with van der Waals surface area (Å²) >= 11 is -0.371. The molecule has 15 heavy (non-hydrogen) atoms. The minimum absolute atomic E-state index is 0.371. The summed E-state index contributed by atoms with van der Waals surface area (Å²) in [5.74, 6) is 0. The third kappa shape index (κ3) is 4.57. The molecular weight excluding hydrogens is 299 g/mol. The predicted octanol–water partition coefficient (Wildman–Crippen LogP) is 1.97. The van der Waals surface area contributed by atoms with E-state index in [0.29, 0.717) is 0 Å². The molecule has 0 aliphatic carbocycles. The Morgan fingerprint density at radius 3 is 2.73 bits per heavy atom. The Morgan fingerprint density at radius 2 is 1.87 bits per heavy atom. The van der Waals surface area contributed by atoms with E-state index in [1.54, 1.807) is 26.1 Å². The molecule has 0 unspecified atom stereocenters. The van der Waals surface area contributed by atoms with Gasteiger partial charge in [-0.25, -0.2) is 0 Å². The molecule has 2 saturated heterocycles. The summed E-state index contributed by atoms with van der Waals surface area (Å²) in [4.78, 5) is 2.67. The zero-order valence-corrected chi connectivity index (χ0v) is 12.0. The number of nitrogens with one attached hydrogen (secondary N) is 1.